The van der Waals surface area contributed by atoms with Crippen molar-refractivity contribution < 1.29 is 80.2 Å². The summed E-state index contributed by atoms with van der Waals surface area (Å²) in [4.78, 5) is 72.8. The van der Waals surface area contributed by atoms with E-state index in [4.69, 9.17) is 37.0 Å². The molecule has 0 radical (unpaired) electrons. The van der Waals surface area contributed by atoms with Crippen LogP contribution in [0.2, 0.25) is 0 Å². The lowest BCUT2D eigenvalue weighted by Gasteiger charge is -2.21. The first-order valence-electron chi connectivity index (χ1n) is 38.8. The van der Waals surface area contributed by atoms with Crippen LogP contribution in [-0.4, -0.2) is 96.7 Å². The number of carbonyl (C=O) groups excluding carboxylic acids is 4. The molecule has 0 aromatic rings. The van der Waals surface area contributed by atoms with E-state index >= 15 is 0 Å². The molecule has 0 saturated heterocycles. The molecule has 568 valence electrons. The van der Waals surface area contributed by atoms with E-state index in [0.717, 1.165) is 128 Å². The Labute approximate surface area is 595 Å². The minimum Gasteiger partial charge on any atom is -0.462 e. The topological polar surface area (TPSA) is 237 Å². The summed E-state index contributed by atoms with van der Waals surface area (Å²) in [5, 5.41) is 10.6. The smallest absolute Gasteiger partial charge is 0.462 e. The molecule has 0 rings (SSSR count). The van der Waals surface area contributed by atoms with Gasteiger partial charge in [-0.25, -0.2) is 9.13 Å². The van der Waals surface area contributed by atoms with Crippen LogP contribution < -0.4 is 0 Å². The molecule has 0 fully saturated rings. The number of allylic oxidation sites excluding steroid dienone is 13. The Bertz CT molecular complexity index is 2190. The van der Waals surface area contributed by atoms with Gasteiger partial charge in [-0.3, -0.25) is 37.3 Å². The van der Waals surface area contributed by atoms with E-state index in [1.807, 2.05) is 18.2 Å². The van der Waals surface area contributed by atoms with Gasteiger partial charge in [-0.05, 0) is 103 Å². The standard InChI is InChI=1S/C79H140O17P2/c1-5-9-13-17-21-25-29-33-36-40-43-47-51-55-59-63-76(81)89-69-74(95-78(83)65-61-57-53-49-45-39-32-28-24-20-16-12-8-4)71-93-97(85,86)91-67-73(80)68-92-98(87,88)94-72-75(96-79(84)66-62-58-54-50-46-42-38-35-31-27-23-19-15-11-7-3)70-90-77(82)64-60-56-52-48-44-41-37-34-30-26-22-18-14-10-6-2/h9,13,21,25,28,32-34,36-37,43,47,55,59,73-75,80H,5-8,10-12,14-20,22-24,26-27,29-31,35,38-42,44-46,48-54,56-58,60-72H2,1-4H3,(H,85,86)(H,87,88)/b13-9-,25-21-,32-28-,36-33-,37-34-,47-43-,59-55-. The van der Waals surface area contributed by atoms with Crippen LogP contribution in [-0.2, 0) is 65.4 Å². The molecule has 0 aliphatic carbocycles. The SMILES string of the molecule is CC/C=C\C/C=C\C/C=C\C/C=C\C/C=C\CC(=O)OCC(COP(=O)(O)OCC(O)COP(=O)(O)OCC(COC(=O)CCCCCCC/C=C\CCCCCCCC)OC(=O)CCCCCCCCCCCCCCCCC)OC(=O)CCCCCCC/C=C\CCCCCC. The van der Waals surface area contributed by atoms with Crippen molar-refractivity contribution in [3.63, 3.8) is 0 Å². The summed E-state index contributed by atoms with van der Waals surface area (Å²) >= 11 is 0. The number of aliphatic hydroxyl groups excluding tert-OH is 1. The monoisotopic (exact) mass is 1420 g/mol. The zero-order valence-electron chi connectivity index (χ0n) is 62.0. The Morgan fingerprint density at radius 3 is 0.908 bits per heavy atom. The molecule has 17 nitrogen and oxygen atoms in total. The average Bonchev–Trinajstić information content (AvgIpc) is 0.959. The van der Waals surface area contributed by atoms with Crippen molar-refractivity contribution in [2.45, 2.75) is 354 Å². The summed E-state index contributed by atoms with van der Waals surface area (Å²) in [5.74, 6) is -2.32. The molecule has 98 heavy (non-hydrogen) atoms. The quantitative estimate of drug-likeness (QED) is 0.0169. The van der Waals surface area contributed by atoms with E-state index in [0.29, 0.717) is 25.7 Å². The summed E-state index contributed by atoms with van der Waals surface area (Å²) in [6.07, 6.45) is 73.1. The van der Waals surface area contributed by atoms with Crippen molar-refractivity contribution in [2.24, 2.45) is 0 Å². The first-order chi connectivity index (χ1) is 47.7. The van der Waals surface area contributed by atoms with Crippen LogP contribution in [0.25, 0.3) is 0 Å². The second-order valence-electron chi connectivity index (χ2n) is 25.9. The van der Waals surface area contributed by atoms with Crippen LogP contribution in [0.4, 0.5) is 0 Å². The zero-order valence-corrected chi connectivity index (χ0v) is 63.7. The number of carbonyl (C=O) groups is 4. The van der Waals surface area contributed by atoms with Gasteiger partial charge in [0.05, 0.1) is 32.8 Å². The highest BCUT2D eigenvalue weighted by molar-refractivity contribution is 7.47. The van der Waals surface area contributed by atoms with Crippen molar-refractivity contribution in [2.75, 3.05) is 39.6 Å². The van der Waals surface area contributed by atoms with Crippen molar-refractivity contribution in [3.05, 3.63) is 85.1 Å². The molecule has 0 amide bonds. The fraction of sp³-hybridized carbons (Fsp3) is 0.772. The minimum atomic E-state index is -4.99. The molecule has 19 heteroatoms. The summed E-state index contributed by atoms with van der Waals surface area (Å²) < 4.78 is 68.4. The minimum absolute atomic E-state index is 0.0666. The summed E-state index contributed by atoms with van der Waals surface area (Å²) in [6, 6.07) is 0. The van der Waals surface area contributed by atoms with Gasteiger partial charge in [0.1, 0.15) is 19.3 Å². The molecule has 0 aromatic carbocycles. The molecule has 0 heterocycles. The van der Waals surface area contributed by atoms with E-state index in [2.05, 4.69) is 88.5 Å². The maximum Gasteiger partial charge on any atom is 0.472 e. The highest BCUT2D eigenvalue weighted by Crippen LogP contribution is 2.45. The van der Waals surface area contributed by atoms with Gasteiger partial charge in [0.25, 0.3) is 0 Å². The van der Waals surface area contributed by atoms with Crippen LogP contribution in [0.15, 0.2) is 85.1 Å². The van der Waals surface area contributed by atoms with Crippen molar-refractivity contribution in [1.82, 2.24) is 0 Å². The van der Waals surface area contributed by atoms with Gasteiger partial charge in [0.2, 0.25) is 0 Å². The van der Waals surface area contributed by atoms with Crippen molar-refractivity contribution >= 4 is 39.5 Å². The molecule has 0 aromatic heterocycles. The third-order valence-electron chi connectivity index (χ3n) is 16.4. The molecule has 0 bridgehead atoms. The number of phosphoric acid groups is 2. The molecule has 3 N–H and O–H groups in total. The molecular formula is C79H140O17P2. The van der Waals surface area contributed by atoms with Crippen molar-refractivity contribution in [3.8, 4) is 0 Å². The average molecular weight is 1420 g/mol. The van der Waals surface area contributed by atoms with E-state index < -0.39 is 97.5 Å². The number of esters is 4. The zero-order chi connectivity index (χ0) is 71.8. The predicted octanol–water partition coefficient (Wildman–Crippen LogP) is 22.2. The molecule has 0 aliphatic rings. The maximum absolute atomic E-state index is 13.1. The van der Waals surface area contributed by atoms with Gasteiger partial charge in [-0.1, -0.05) is 293 Å². The Morgan fingerprint density at radius 2 is 0.571 bits per heavy atom. The second-order valence-corrected chi connectivity index (χ2v) is 28.8. The van der Waals surface area contributed by atoms with Gasteiger partial charge in [0, 0.05) is 19.3 Å². The van der Waals surface area contributed by atoms with Gasteiger partial charge in [0.15, 0.2) is 12.2 Å². The number of hydrogen-bond acceptors (Lipinski definition) is 15. The number of phosphoric ester groups is 2. The molecule has 0 spiro atoms. The van der Waals surface area contributed by atoms with Gasteiger partial charge in [-0.2, -0.15) is 0 Å². The van der Waals surface area contributed by atoms with Crippen LogP contribution in [0, 0.1) is 0 Å². The van der Waals surface area contributed by atoms with E-state index in [1.165, 1.54) is 128 Å². The van der Waals surface area contributed by atoms with Crippen LogP contribution in [0.3, 0.4) is 0 Å². The van der Waals surface area contributed by atoms with Crippen LogP contribution in [0.1, 0.15) is 336 Å². The Kier molecular flexibility index (Phi) is 68.9. The number of hydrogen-bond donors (Lipinski definition) is 3. The van der Waals surface area contributed by atoms with Crippen LogP contribution in [0.5, 0.6) is 0 Å². The summed E-state index contributed by atoms with van der Waals surface area (Å²) in [5.41, 5.74) is 0. The van der Waals surface area contributed by atoms with E-state index in [1.54, 1.807) is 6.08 Å². The Balaban J connectivity index is 5.39. The normalized spacial score (nSPS) is 14.4. The summed E-state index contributed by atoms with van der Waals surface area (Å²) in [7, 11) is -9.97. The molecule has 0 saturated carbocycles. The molecule has 0 aliphatic heterocycles. The number of unbranched alkanes of at least 4 members (excludes halogenated alkanes) is 34. The lowest BCUT2D eigenvalue weighted by molar-refractivity contribution is -0.161. The van der Waals surface area contributed by atoms with Crippen molar-refractivity contribution in [1.29, 1.82) is 0 Å². The highest BCUT2D eigenvalue weighted by atomic mass is 31.2. The third kappa shape index (κ3) is 70.7. The molecular weight excluding hydrogens is 1280 g/mol. The summed E-state index contributed by atoms with van der Waals surface area (Å²) in [6.45, 7) is 4.65. The number of rotatable bonds is 73. The lowest BCUT2D eigenvalue weighted by atomic mass is 10.0. The lowest BCUT2D eigenvalue weighted by Crippen LogP contribution is -2.30. The second kappa shape index (κ2) is 71.6. The van der Waals surface area contributed by atoms with Gasteiger partial charge in [-0.15, -0.1) is 0 Å². The Hall–Kier alpha value is -3.76. The van der Waals surface area contributed by atoms with E-state index in [-0.39, 0.29) is 25.7 Å². The molecule has 5 atom stereocenters. The number of aliphatic hydroxyl groups is 1. The first-order valence-corrected chi connectivity index (χ1v) is 41.8. The number of ether oxygens (including phenoxy) is 4. The first kappa shape index (κ1) is 94.2. The largest absolute Gasteiger partial charge is 0.472 e. The fourth-order valence-corrected chi connectivity index (χ4v) is 12.0. The predicted molar refractivity (Wildman–Crippen MR) is 399 cm³/mol. The van der Waals surface area contributed by atoms with Gasteiger partial charge >= 0.3 is 39.5 Å². The van der Waals surface area contributed by atoms with Crippen LogP contribution >= 0.6 is 15.6 Å². The highest BCUT2D eigenvalue weighted by Gasteiger charge is 2.30. The fourth-order valence-electron chi connectivity index (χ4n) is 10.5. The maximum atomic E-state index is 13.1. The van der Waals surface area contributed by atoms with E-state index in [9.17, 15) is 43.2 Å². The third-order valence-corrected chi connectivity index (χ3v) is 18.3. The molecule has 5 unspecified atom stereocenters. The Morgan fingerprint density at radius 1 is 0.306 bits per heavy atom. The van der Waals surface area contributed by atoms with Gasteiger partial charge < -0.3 is 33.8 Å².